The zero-order valence-corrected chi connectivity index (χ0v) is 24.5. The molecule has 0 saturated carbocycles. The predicted molar refractivity (Wildman–Crippen MR) is 149 cm³/mol. The predicted octanol–water partition coefficient (Wildman–Crippen LogP) is 4.55. The molecule has 0 spiro atoms. The summed E-state index contributed by atoms with van der Waals surface area (Å²) >= 11 is 0. The van der Waals surface area contributed by atoms with Gasteiger partial charge in [-0.05, 0) is 47.9 Å². The van der Waals surface area contributed by atoms with Crippen molar-refractivity contribution in [3.8, 4) is 0 Å². The first-order chi connectivity index (χ1) is 19.0. The third-order valence-electron chi connectivity index (χ3n) is 5.74. The van der Waals surface area contributed by atoms with E-state index in [1.54, 1.807) is 12.1 Å². The zero-order chi connectivity index (χ0) is 31.3. The highest BCUT2D eigenvalue weighted by atomic mass is 19.4. The standard InChI is InChI=1S/C16H20F3NO3.C14H20N2O2/c1-11(2)8-20(9-13-7-5-4-6-12(13)3)14(21)15(22)23-10-16(17,18)19;1-10(2)8-16(14(18)13(15)17)9-12-7-5-4-6-11(12)3/h4-7,11H,8-10H2,1-3H3;4-7,10H,8-9H2,1-3H3,(H2,15,17). The molecule has 0 aliphatic rings. The van der Waals surface area contributed by atoms with E-state index in [4.69, 9.17) is 5.73 Å². The normalized spacial score (nSPS) is 11.0. The van der Waals surface area contributed by atoms with Crippen LogP contribution in [0.25, 0.3) is 0 Å². The molecule has 0 aliphatic carbocycles. The second-order valence-electron chi connectivity index (χ2n) is 10.6. The minimum atomic E-state index is -4.66. The Morgan fingerprint density at radius 1 is 0.756 bits per heavy atom. The van der Waals surface area contributed by atoms with Crippen molar-refractivity contribution in [2.75, 3.05) is 19.7 Å². The molecule has 0 aromatic heterocycles. The molecule has 0 bridgehead atoms. The Hall–Kier alpha value is -3.89. The van der Waals surface area contributed by atoms with Gasteiger partial charge in [-0.25, -0.2) is 4.79 Å². The number of nitrogens with two attached hydrogens (primary N) is 1. The molecule has 0 heterocycles. The number of aryl methyl sites for hydroxylation is 2. The Labute approximate surface area is 239 Å². The van der Waals surface area contributed by atoms with E-state index in [2.05, 4.69) is 4.74 Å². The van der Waals surface area contributed by atoms with Crippen LogP contribution in [0.15, 0.2) is 48.5 Å². The van der Waals surface area contributed by atoms with Gasteiger partial charge < -0.3 is 20.3 Å². The van der Waals surface area contributed by atoms with E-state index in [0.29, 0.717) is 13.1 Å². The van der Waals surface area contributed by atoms with Crippen molar-refractivity contribution in [2.45, 2.75) is 60.8 Å². The highest BCUT2D eigenvalue weighted by Gasteiger charge is 2.33. The lowest BCUT2D eigenvalue weighted by atomic mass is 10.1. The second kappa shape index (κ2) is 16.4. The van der Waals surface area contributed by atoms with Gasteiger partial charge in [0, 0.05) is 26.2 Å². The fourth-order valence-electron chi connectivity index (χ4n) is 3.80. The van der Waals surface area contributed by atoms with Gasteiger partial charge >= 0.3 is 29.9 Å². The number of alkyl halides is 3. The van der Waals surface area contributed by atoms with Gasteiger partial charge in [0.2, 0.25) is 0 Å². The first kappa shape index (κ1) is 35.1. The zero-order valence-electron chi connectivity index (χ0n) is 24.5. The highest BCUT2D eigenvalue weighted by Crippen LogP contribution is 2.16. The molecule has 2 rings (SSSR count). The number of hydrogen-bond donors (Lipinski definition) is 1. The van der Waals surface area contributed by atoms with Gasteiger partial charge in [-0.2, -0.15) is 13.2 Å². The van der Waals surface area contributed by atoms with E-state index < -0.39 is 36.5 Å². The number of esters is 1. The molecule has 0 saturated heterocycles. The van der Waals surface area contributed by atoms with Crippen LogP contribution in [0, 0.1) is 25.7 Å². The van der Waals surface area contributed by atoms with Crippen molar-refractivity contribution in [3.63, 3.8) is 0 Å². The SMILES string of the molecule is Cc1ccccc1CN(CC(C)C)C(=O)C(=O)OCC(F)(F)F.Cc1ccccc1CN(CC(C)C)C(=O)C(N)=O. The minimum Gasteiger partial charge on any atom is -0.449 e. The fraction of sp³-hybridized carbons (Fsp3) is 0.467. The monoisotopic (exact) mass is 579 g/mol. The molecule has 41 heavy (non-hydrogen) atoms. The van der Waals surface area contributed by atoms with Crippen LogP contribution in [-0.2, 0) is 37.0 Å². The van der Waals surface area contributed by atoms with E-state index in [1.165, 1.54) is 9.80 Å². The van der Waals surface area contributed by atoms with E-state index in [0.717, 1.165) is 22.3 Å². The van der Waals surface area contributed by atoms with Crippen molar-refractivity contribution in [2.24, 2.45) is 17.6 Å². The van der Waals surface area contributed by atoms with Crippen LogP contribution in [0.4, 0.5) is 13.2 Å². The molecule has 3 amide bonds. The molecule has 2 aromatic rings. The highest BCUT2D eigenvalue weighted by molar-refractivity contribution is 6.34. The number of ether oxygens (including phenoxy) is 1. The molecule has 0 unspecified atom stereocenters. The molecule has 0 fully saturated rings. The van der Waals surface area contributed by atoms with Crippen molar-refractivity contribution in [3.05, 3.63) is 70.8 Å². The molecule has 0 aliphatic heterocycles. The Morgan fingerprint density at radius 3 is 1.49 bits per heavy atom. The number of benzene rings is 2. The third-order valence-corrected chi connectivity index (χ3v) is 5.74. The van der Waals surface area contributed by atoms with Gasteiger partial charge in [-0.15, -0.1) is 0 Å². The van der Waals surface area contributed by atoms with Crippen LogP contribution in [-0.4, -0.2) is 59.4 Å². The number of amides is 3. The van der Waals surface area contributed by atoms with Crippen LogP contribution in [0.5, 0.6) is 0 Å². The quantitative estimate of drug-likeness (QED) is 0.346. The summed E-state index contributed by atoms with van der Waals surface area (Å²) in [4.78, 5) is 49.2. The molecule has 226 valence electrons. The smallest absolute Gasteiger partial charge is 0.422 e. The van der Waals surface area contributed by atoms with Gasteiger partial charge in [-0.3, -0.25) is 14.4 Å². The Balaban J connectivity index is 0.000000422. The van der Waals surface area contributed by atoms with Gasteiger partial charge in [0.1, 0.15) is 0 Å². The average Bonchev–Trinajstić information content (AvgIpc) is 2.87. The molecular formula is C30H40F3N3O5. The summed E-state index contributed by atoms with van der Waals surface area (Å²) in [5, 5.41) is 0. The first-order valence-corrected chi connectivity index (χ1v) is 13.2. The van der Waals surface area contributed by atoms with Gasteiger partial charge in [0.15, 0.2) is 6.61 Å². The van der Waals surface area contributed by atoms with Crippen molar-refractivity contribution >= 4 is 23.7 Å². The Morgan fingerprint density at radius 2 is 1.15 bits per heavy atom. The van der Waals surface area contributed by atoms with Crippen LogP contribution in [0.3, 0.4) is 0 Å². The molecule has 8 nitrogen and oxygen atoms in total. The van der Waals surface area contributed by atoms with E-state index >= 15 is 0 Å². The lowest BCUT2D eigenvalue weighted by molar-refractivity contribution is -0.189. The summed E-state index contributed by atoms with van der Waals surface area (Å²) in [7, 11) is 0. The summed E-state index contributed by atoms with van der Waals surface area (Å²) in [6.07, 6.45) is -4.66. The summed E-state index contributed by atoms with van der Waals surface area (Å²) in [5.41, 5.74) is 8.96. The van der Waals surface area contributed by atoms with Crippen molar-refractivity contribution < 1.29 is 37.1 Å². The summed E-state index contributed by atoms with van der Waals surface area (Å²) in [5.74, 6) is -3.73. The maximum Gasteiger partial charge on any atom is 0.422 e. The molecule has 2 N–H and O–H groups in total. The van der Waals surface area contributed by atoms with Gasteiger partial charge in [0.25, 0.3) is 0 Å². The molecule has 11 heteroatoms. The lowest BCUT2D eigenvalue weighted by Crippen LogP contribution is -2.41. The maximum atomic E-state index is 12.1. The largest absolute Gasteiger partial charge is 0.449 e. The fourth-order valence-corrected chi connectivity index (χ4v) is 3.80. The number of halogens is 3. The number of rotatable bonds is 9. The molecule has 0 atom stereocenters. The van der Waals surface area contributed by atoms with Crippen LogP contribution < -0.4 is 5.73 Å². The van der Waals surface area contributed by atoms with E-state index in [1.807, 2.05) is 77.9 Å². The number of carbonyl (C=O) groups excluding carboxylic acids is 4. The van der Waals surface area contributed by atoms with Crippen molar-refractivity contribution in [1.82, 2.24) is 9.80 Å². The minimum absolute atomic E-state index is 0.0541. The topological polar surface area (TPSA) is 110 Å². The van der Waals surface area contributed by atoms with Crippen LogP contribution in [0.2, 0.25) is 0 Å². The van der Waals surface area contributed by atoms with Gasteiger partial charge in [-0.1, -0.05) is 76.2 Å². The summed E-state index contributed by atoms with van der Waals surface area (Å²) < 4.78 is 40.3. The third kappa shape index (κ3) is 13.3. The van der Waals surface area contributed by atoms with E-state index in [-0.39, 0.29) is 24.9 Å². The van der Waals surface area contributed by atoms with Gasteiger partial charge in [0.05, 0.1) is 0 Å². The molecule has 0 radical (unpaired) electrons. The van der Waals surface area contributed by atoms with E-state index in [9.17, 15) is 32.3 Å². The number of primary amides is 1. The lowest BCUT2D eigenvalue weighted by Gasteiger charge is -2.24. The molecule has 2 aromatic carbocycles. The maximum absolute atomic E-state index is 12.1. The number of hydrogen-bond acceptors (Lipinski definition) is 5. The Bertz CT molecular complexity index is 1180. The number of nitrogens with zero attached hydrogens (tertiary/aromatic N) is 2. The second-order valence-corrected chi connectivity index (χ2v) is 10.6. The molecular weight excluding hydrogens is 539 g/mol. The number of carbonyl (C=O) groups is 4. The Kier molecular flexibility index (Phi) is 14.0. The first-order valence-electron chi connectivity index (χ1n) is 13.2. The summed E-state index contributed by atoms with van der Waals surface area (Å²) in [6.45, 7) is 11.1. The van der Waals surface area contributed by atoms with Crippen LogP contribution in [0.1, 0.15) is 49.9 Å². The van der Waals surface area contributed by atoms with Crippen LogP contribution >= 0.6 is 0 Å². The summed E-state index contributed by atoms with van der Waals surface area (Å²) in [6, 6.07) is 15.1. The average molecular weight is 580 g/mol. The van der Waals surface area contributed by atoms with Crippen molar-refractivity contribution in [1.29, 1.82) is 0 Å².